The fourth-order valence-corrected chi connectivity index (χ4v) is 2.85. The van der Waals surface area contributed by atoms with Crippen LogP contribution in [0.3, 0.4) is 0 Å². The van der Waals surface area contributed by atoms with Crippen LogP contribution in [0.25, 0.3) is 0 Å². The van der Waals surface area contributed by atoms with Gasteiger partial charge in [0.15, 0.2) is 0 Å². The van der Waals surface area contributed by atoms with Crippen molar-refractivity contribution in [2.45, 2.75) is 32.0 Å². The fourth-order valence-electron chi connectivity index (χ4n) is 2.85. The van der Waals surface area contributed by atoms with E-state index in [1.54, 1.807) is 29.4 Å². The third-order valence-electron chi connectivity index (χ3n) is 4.22. The van der Waals surface area contributed by atoms with E-state index in [4.69, 9.17) is 4.74 Å². The number of halogens is 1. The van der Waals surface area contributed by atoms with Crippen LogP contribution in [0.15, 0.2) is 48.8 Å². The maximum Gasteiger partial charge on any atom is 0.318 e. The van der Waals surface area contributed by atoms with Crippen molar-refractivity contribution >= 4 is 6.03 Å². The summed E-state index contributed by atoms with van der Waals surface area (Å²) in [7, 11) is 0. The van der Waals surface area contributed by atoms with Crippen LogP contribution in [-0.2, 0) is 17.8 Å². The van der Waals surface area contributed by atoms with E-state index in [0.29, 0.717) is 19.6 Å². The Balaban J connectivity index is 1.62. The first-order chi connectivity index (χ1) is 12.2. The van der Waals surface area contributed by atoms with Crippen LogP contribution in [0.4, 0.5) is 9.18 Å². The van der Waals surface area contributed by atoms with E-state index in [0.717, 1.165) is 30.6 Å². The summed E-state index contributed by atoms with van der Waals surface area (Å²) in [4.78, 5) is 18.4. The van der Waals surface area contributed by atoms with Gasteiger partial charge in [0.25, 0.3) is 0 Å². The van der Waals surface area contributed by atoms with Gasteiger partial charge < -0.3 is 15.0 Å². The SMILES string of the molecule is O=C(NCc1ccc(F)cc1)N(Cc1ccncc1)C[C@@H]1CCCO1. The monoisotopic (exact) mass is 343 g/mol. The summed E-state index contributed by atoms with van der Waals surface area (Å²) in [6, 6.07) is 9.76. The van der Waals surface area contributed by atoms with E-state index in [-0.39, 0.29) is 18.0 Å². The molecule has 0 saturated carbocycles. The average molecular weight is 343 g/mol. The molecule has 1 saturated heterocycles. The molecular weight excluding hydrogens is 321 g/mol. The molecule has 1 aromatic carbocycles. The minimum atomic E-state index is -0.284. The second kappa shape index (κ2) is 8.58. The van der Waals surface area contributed by atoms with Gasteiger partial charge >= 0.3 is 6.03 Å². The van der Waals surface area contributed by atoms with E-state index < -0.39 is 0 Å². The molecule has 1 fully saturated rings. The van der Waals surface area contributed by atoms with Crippen molar-refractivity contribution < 1.29 is 13.9 Å². The van der Waals surface area contributed by atoms with Gasteiger partial charge in [-0.15, -0.1) is 0 Å². The van der Waals surface area contributed by atoms with Crippen LogP contribution in [0.5, 0.6) is 0 Å². The molecule has 0 radical (unpaired) electrons. The molecular formula is C19H22FN3O2. The van der Waals surface area contributed by atoms with Gasteiger partial charge in [-0.3, -0.25) is 4.98 Å². The van der Waals surface area contributed by atoms with Crippen LogP contribution in [0.1, 0.15) is 24.0 Å². The van der Waals surface area contributed by atoms with Crippen molar-refractivity contribution in [1.29, 1.82) is 0 Å². The van der Waals surface area contributed by atoms with Crippen LogP contribution < -0.4 is 5.32 Å². The lowest BCUT2D eigenvalue weighted by Crippen LogP contribution is -2.43. The molecule has 1 atom stereocenters. The van der Waals surface area contributed by atoms with Crippen LogP contribution in [-0.4, -0.2) is 35.2 Å². The molecule has 0 unspecified atom stereocenters. The lowest BCUT2D eigenvalue weighted by atomic mass is 10.2. The lowest BCUT2D eigenvalue weighted by molar-refractivity contribution is 0.0794. The largest absolute Gasteiger partial charge is 0.376 e. The quantitative estimate of drug-likeness (QED) is 0.877. The molecule has 3 rings (SSSR count). The Kier molecular flexibility index (Phi) is 5.95. The molecule has 6 heteroatoms. The van der Waals surface area contributed by atoms with Gasteiger partial charge in [-0.25, -0.2) is 9.18 Å². The van der Waals surface area contributed by atoms with Gasteiger partial charge in [-0.1, -0.05) is 12.1 Å². The summed E-state index contributed by atoms with van der Waals surface area (Å²) in [5, 5.41) is 2.91. The third-order valence-corrected chi connectivity index (χ3v) is 4.22. The number of amides is 2. The zero-order chi connectivity index (χ0) is 17.5. The summed E-state index contributed by atoms with van der Waals surface area (Å²) >= 11 is 0. The zero-order valence-electron chi connectivity index (χ0n) is 14.0. The highest BCUT2D eigenvalue weighted by atomic mass is 19.1. The van der Waals surface area contributed by atoms with E-state index in [9.17, 15) is 9.18 Å². The van der Waals surface area contributed by atoms with Gasteiger partial charge in [0.05, 0.1) is 6.10 Å². The number of ether oxygens (including phenoxy) is 1. The molecule has 1 aliphatic heterocycles. The molecule has 1 aliphatic rings. The molecule has 0 aliphatic carbocycles. The van der Waals surface area contributed by atoms with E-state index in [1.807, 2.05) is 12.1 Å². The molecule has 132 valence electrons. The van der Waals surface area contributed by atoms with Crippen LogP contribution >= 0.6 is 0 Å². The highest BCUT2D eigenvalue weighted by Crippen LogP contribution is 2.15. The summed E-state index contributed by atoms with van der Waals surface area (Å²) < 4.78 is 18.6. The highest BCUT2D eigenvalue weighted by Gasteiger charge is 2.22. The summed E-state index contributed by atoms with van der Waals surface area (Å²) in [6.07, 6.45) is 5.52. The number of carbonyl (C=O) groups excluding carboxylic acids is 1. The predicted molar refractivity (Wildman–Crippen MR) is 92.3 cm³/mol. The molecule has 1 aromatic heterocycles. The maximum absolute atomic E-state index is 13.0. The van der Waals surface area contributed by atoms with E-state index in [2.05, 4.69) is 10.3 Å². The van der Waals surface area contributed by atoms with Crippen molar-refractivity contribution in [3.8, 4) is 0 Å². The first-order valence-electron chi connectivity index (χ1n) is 8.48. The first-order valence-corrected chi connectivity index (χ1v) is 8.48. The number of benzene rings is 1. The molecule has 0 spiro atoms. The Hall–Kier alpha value is -2.47. The van der Waals surface area contributed by atoms with Gasteiger partial charge in [0.1, 0.15) is 5.82 Å². The lowest BCUT2D eigenvalue weighted by Gasteiger charge is -2.26. The second-order valence-electron chi connectivity index (χ2n) is 6.16. The molecule has 2 heterocycles. The molecule has 25 heavy (non-hydrogen) atoms. The Morgan fingerprint density at radius 3 is 2.64 bits per heavy atom. The number of carbonyl (C=O) groups is 1. The predicted octanol–water partition coefficient (Wildman–Crippen LogP) is 3.11. The standard InChI is InChI=1S/C19H22FN3O2/c20-17-5-3-15(4-6-17)12-22-19(24)23(14-18-2-1-11-25-18)13-16-7-9-21-10-8-16/h3-10,18H,1-2,11-14H2,(H,22,24)/t18-/m0/s1. The number of nitrogens with one attached hydrogen (secondary N) is 1. The number of aromatic nitrogens is 1. The van der Waals surface area contributed by atoms with Crippen LogP contribution in [0.2, 0.25) is 0 Å². The summed E-state index contributed by atoms with van der Waals surface area (Å²) in [5.41, 5.74) is 1.88. The second-order valence-corrected chi connectivity index (χ2v) is 6.16. The average Bonchev–Trinajstić information content (AvgIpc) is 3.14. The Morgan fingerprint density at radius 2 is 1.96 bits per heavy atom. The molecule has 2 aromatic rings. The van der Waals surface area contributed by atoms with Gasteiger partial charge in [-0.2, -0.15) is 0 Å². The van der Waals surface area contributed by atoms with E-state index in [1.165, 1.54) is 12.1 Å². The normalized spacial score (nSPS) is 16.6. The summed E-state index contributed by atoms with van der Waals surface area (Å²) in [5.74, 6) is -0.284. The minimum Gasteiger partial charge on any atom is -0.376 e. The van der Waals surface area contributed by atoms with E-state index >= 15 is 0 Å². The Morgan fingerprint density at radius 1 is 1.20 bits per heavy atom. The third kappa shape index (κ3) is 5.26. The smallest absolute Gasteiger partial charge is 0.318 e. The van der Waals surface area contributed by atoms with Crippen molar-refractivity contribution in [2.24, 2.45) is 0 Å². The van der Waals surface area contributed by atoms with Gasteiger partial charge in [0, 0.05) is 38.6 Å². The van der Waals surface area contributed by atoms with Crippen molar-refractivity contribution in [3.63, 3.8) is 0 Å². The Labute approximate surface area is 146 Å². The highest BCUT2D eigenvalue weighted by molar-refractivity contribution is 5.74. The van der Waals surface area contributed by atoms with Crippen LogP contribution in [0, 0.1) is 5.82 Å². The molecule has 5 nitrogen and oxygen atoms in total. The van der Waals surface area contributed by atoms with Gasteiger partial charge in [-0.05, 0) is 48.2 Å². The number of pyridine rings is 1. The zero-order valence-corrected chi connectivity index (χ0v) is 14.0. The number of urea groups is 1. The number of rotatable bonds is 6. The molecule has 1 N–H and O–H groups in total. The van der Waals surface area contributed by atoms with Crippen molar-refractivity contribution in [3.05, 3.63) is 65.7 Å². The topological polar surface area (TPSA) is 54.5 Å². The number of hydrogen-bond acceptors (Lipinski definition) is 3. The first kappa shape index (κ1) is 17.4. The maximum atomic E-state index is 13.0. The number of nitrogens with zero attached hydrogens (tertiary/aromatic N) is 2. The number of hydrogen-bond donors (Lipinski definition) is 1. The minimum absolute atomic E-state index is 0.0819. The van der Waals surface area contributed by atoms with Gasteiger partial charge in [0.2, 0.25) is 0 Å². The fraction of sp³-hybridized carbons (Fsp3) is 0.368. The van der Waals surface area contributed by atoms with Crippen molar-refractivity contribution in [1.82, 2.24) is 15.2 Å². The molecule has 0 bridgehead atoms. The Bertz CT molecular complexity index is 673. The summed E-state index contributed by atoms with van der Waals surface area (Å²) in [6.45, 7) is 2.16. The van der Waals surface area contributed by atoms with Crippen molar-refractivity contribution in [2.75, 3.05) is 13.2 Å². The molecule has 2 amide bonds.